The first kappa shape index (κ1) is 17.8. The molecule has 5 nitrogen and oxygen atoms in total. The van der Waals surface area contributed by atoms with Crippen molar-refractivity contribution in [2.24, 2.45) is 0 Å². The van der Waals surface area contributed by atoms with Gasteiger partial charge >= 0.3 is 6.03 Å². The van der Waals surface area contributed by atoms with Crippen molar-refractivity contribution in [3.8, 4) is 5.75 Å². The first-order valence-electron chi connectivity index (χ1n) is 9.33. The lowest BCUT2D eigenvalue weighted by Crippen LogP contribution is -2.51. The molecule has 0 saturated carbocycles. The van der Waals surface area contributed by atoms with E-state index in [9.17, 15) is 9.18 Å². The number of amides is 2. The van der Waals surface area contributed by atoms with Crippen LogP contribution < -0.4 is 15.4 Å². The molecule has 2 amide bonds. The number of nitrogens with one attached hydrogen (secondary N) is 2. The summed E-state index contributed by atoms with van der Waals surface area (Å²) in [6.45, 7) is 1.97. The summed E-state index contributed by atoms with van der Waals surface area (Å²) in [6, 6.07) is 13.2. The van der Waals surface area contributed by atoms with Crippen molar-refractivity contribution in [1.82, 2.24) is 10.2 Å². The maximum Gasteiger partial charge on any atom is 0.319 e. The fourth-order valence-electron chi connectivity index (χ4n) is 3.94. The van der Waals surface area contributed by atoms with Crippen LogP contribution in [0.4, 0.5) is 14.9 Å². The predicted molar refractivity (Wildman–Crippen MR) is 102 cm³/mol. The number of hydrogen-bond donors (Lipinski definition) is 2. The van der Waals surface area contributed by atoms with Crippen molar-refractivity contribution in [3.63, 3.8) is 0 Å². The Labute approximate surface area is 158 Å². The standard InChI is InChI=1S/C21H24FN3O2/c1-25-12-10-21(11-13-25)14-18(17-4-2-3-5-19(17)27-21)24-20(26)23-16-8-6-15(22)7-9-16/h2-9,18H,10-14H2,1H3,(H2,23,24,26). The van der Waals surface area contributed by atoms with Crippen LogP contribution in [-0.2, 0) is 0 Å². The summed E-state index contributed by atoms with van der Waals surface area (Å²) in [5, 5.41) is 5.86. The molecule has 2 aliphatic heterocycles. The summed E-state index contributed by atoms with van der Waals surface area (Å²) in [5.74, 6) is 0.518. The molecular formula is C21H24FN3O2. The summed E-state index contributed by atoms with van der Waals surface area (Å²) in [5.41, 5.74) is 1.31. The van der Waals surface area contributed by atoms with Crippen LogP contribution in [0.15, 0.2) is 48.5 Å². The Morgan fingerprint density at radius 2 is 1.85 bits per heavy atom. The number of ether oxygens (including phenoxy) is 1. The molecule has 1 fully saturated rings. The number of piperidine rings is 1. The minimum atomic E-state index is -0.330. The molecule has 6 heteroatoms. The van der Waals surface area contributed by atoms with Crippen LogP contribution in [0, 0.1) is 5.82 Å². The quantitative estimate of drug-likeness (QED) is 0.843. The molecular weight excluding hydrogens is 345 g/mol. The lowest BCUT2D eigenvalue weighted by atomic mass is 9.80. The molecule has 1 atom stereocenters. The van der Waals surface area contributed by atoms with Gasteiger partial charge in [-0.1, -0.05) is 18.2 Å². The highest BCUT2D eigenvalue weighted by Crippen LogP contribution is 2.44. The van der Waals surface area contributed by atoms with E-state index in [0.717, 1.165) is 43.7 Å². The lowest BCUT2D eigenvalue weighted by Gasteiger charge is -2.46. The molecule has 2 aromatic carbocycles. The van der Waals surface area contributed by atoms with E-state index in [4.69, 9.17) is 4.74 Å². The topological polar surface area (TPSA) is 53.6 Å². The number of carbonyl (C=O) groups excluding carboxylic acids is 1. The van der Waals surface area contributed by atoms with Crippen molar-refractivity contribution < 1.29 is 13.9 Å². The largest absolute Gasteiger partial charge is 0.487 e. The van der Waals surface area contributed by atoms with Gasteiger partial charge in [-0.3, -0.25) is 0 Å². The fraction of sp³-hybridized carbons (Fsp3) is 0.381. The number of halogens is 1. The van der Waals surface area contributed by atoms with E-state index < -0.39 is 0 Å². The van der Waals surface area contributed by atoms with E-state index in [1.807, 2.05) is 24.3 Å². The Kier molecular flexibility index (Phi) is 4.74. The molecule has 2 aromatic rings. The van der Waals surface area contributed by atoms with Gasteiger partial charge < -0.3 is 20.3 Å². The average molecular weight is 369 g/mol. The number of nitrogens with zero attached hydrogens (tertiary/aromatic N) is 1. The van der Waals surface area contributed by atoms with Gasteiger partial charge in [0.15, 0.2) is 0 Å². The van der Waals surface area contributed by atoms with Gasteiger partial charge in [0.1, 0.15) is 17.2 Å². The van der Waals surface area contributed by atoms with Gasteiger partial charge in [0.2, 0.25) is 0 Å². The number of fused-ring (bicyclic) bond motifs is 1. The van der Waals surface area contributed by atoms with Crippen LogP contribution >= 0.6 is 0 Å². The molecule has 4 rings (SSSR count). The maximum atomic E-state index is 13.0. The summed E-state index contributed by atoms with van der Waals surface area (Å²) in [6.07, 6.45) is 2.62. The highest BCUT2D eigenvalue weighted by atomic mass is 19.1. The third-order valence-electron chi connectivity index (χ3n) is 5.50. The van der Waals surface area contributed by atoms with E-state index in [1.165, 1.54) is 12.1 Å². The minimum absolute atomic E-state index is 0.126. The summed E-state index contributed by atoms with van der Waals surface area (Å²) in [7, 11) is 2.12. The third kappa shape index (κ3) is 3.90. The molecule has 27 heavy (non-hydrogen) atoms. The lowest BCUT2D eigenvalue weighted by molar-refractivity contribution is -0.0188. The minimum Gasteiger partial charge on any atom is -0.487 e. The molecule has 2 heterocycles. The van der Waals surface area contributed by atoms with Crippen molar-refractivity contribution in [2.75, 3.05) is 25.5 Å². The highest BCUT2D eigenvalue weighted by molar-refractivity contribution is 5.89. The van der Waals surface area contributed by atoms with Gasteiger partial charge in [-0.2, -0.15) is 0 Å². The van der Waals surface area contributed by atoms with Crippen LogP contribution in [0.1, 0.15) is 30.9 Å². The summed E-state index contributed by atoms with van der Waals surface area (Å²) >= 11 is 0. The molecule has 0 bridgehead atoms. The highest BCUT2D eigenvalue weighted by Gasteiger charge is 2.43. The van der Waals surface area contributed by atoms with Crippen molar-refractivity contribution in [3.05, 3.63) is 59.9 Å². The van der Waals surface area contributed by atoms with Crippen molar-refractivity contribution >= 4 is 11.7 Å². The van der Waals surface area contributed by atoms with E-state index >= 15 is 0 Å². The molecule has 142 valence electrons. The zero-order chi connectivity index (χ0) is 18.9. The number of para-hydroxylation sites is 1. The molecule has 1 unspecified atom stereocenters. The van der Waals surface area contributed by atoms with Gasteiger partial charge in [-0.05, 0) is 50.2 Å². The second kappa shape index (κ2) is 7.19. The van der Waals surface area contributed by atoms with Crippen molar-refractivity contribution in [2.45, 2.75) is 30.9 Å². The van der Waals surface area contributed by atoms with Crippen molar-refractivity contribution in [1.29, 1.82) is 0 Å². The van der Waals surface area contributed by atoms with Gasteiger partial charge in [-0.15, -0.1) is 0 Å². The second-order valence-corrected chi connectivity index (χ2v) is 7.49. The summed E-state index contributed by atoms with van der Waals surface area (Å²) in [4.78, 5) is 14.8. The number of hydrogen-bond acceptors (Lipinski definition) is 3. The number of carbonyl (C=O) groups is 1. The van der Waals surface area contributed by atoms with Gasteiger partial charge in [0, 0.05) is 30.8 Å². The molecule has 0 radical (unpaired) electrons. The number of urea groups is 1. The Hall–Kier alpha value is -2.60. The first-order valence-corrected chi connectivity index (χ1v) is 9.33. The smallest absolute Gasteiger partial charge is 0.319 e. The average Bonchev–Trinajstić information content (AvgIpc) is 2.66. The number of likely N-dealkylation sites (tertiary alicyclic amines) is 1. The van der Waals surface area contributed by atoms with E-state index in [0.29, 0.717) is 5.69 Å². The number of anilines is 1. The van der Waals surface area contributed by atoms with Crippen LogP contribution in [0.25, 0.3) is 0 Å². The van der Waals surface area contributed by atoms with Crippen LogP contribution in [0.2, 0.25) is 0 Å². The van der Waals surface area contributed by atoms with Gasteiger partial charge in [0.25, 0.3) is 0 Å². The Morgan fingerprint density at radius 1 is 1.15 bits per heavy atom. The SMILES string of the molecule is CN1CCC2(CC1)CC(NC(=O)Nc1ccc(F)cc1)c1ccccc1O2. The van der Waals surface area contributed by atoms with Crippen LogP contribution in [0.5, 0.6) is 5.75 Å². The van der Waals surface area contributed by atoms with Gasteiger partial charge in [-0.25, -0.2) is 9.18 Å². The second-order valence-electron chi connectivity index (χ2n) is 7.49. The summed E-state index contributed by atoms with van der Waals surface area (Å²) < 4.78 is 19.5. The molecule has 1 saturated heterocycles. The van der Waals surface area contributed by atoms with Gasteiger partial charge in [0.05, 0.1) is 6.04 Å². The Balaban J connectivity index is 1.51. The van der Waals surface area contributed by atoms with E-state index in [-0.39, 0.29) is 23.5 Å². The number of benzene rings is 2. The predicted octanol–water partition coefficient (Wildman–Crippen LogP) is 3.94. The van der Waals surface area contributed by atoms with E-state index in [2.05, 4.69) is 22.6 Å². The molecule has 2 aliphatic rings. The Bertz CT molecular complexity index is 816. The number of rotatable bonds is 2. The first-order chi connectivity index (χ1) is 13.0. The monoisotopic (exact) mass is 369 g/mol. The van der Waals surface area contributed by atoms with Crippen LogP contribution in [-0.4, -0.2) is 36.7 Å². The van der Waals surface area contributed by atoms with Crippen LogP contribution in [0.3, 0.4) is 0 Å². The third-order valence-corrected chi connectivity index (χ3v) is 5.50. The molecule has 1 spiro atoms. The maximum absolute atomic E-state index is 13.0. The molecule has 0 aromatic heterocycles. The zero-order valence-corrected chi connectivity index (χ0v) is 15.4. The molecule has 2 N–H and O–H groups in total. The normalized spacial score (nSPS) is 21.2. The molecule has 0 aliphatic carbocycles. The van der Waals surface area contributed by atoms with E-state index in [1.54, 1.807) is 12.1 Å². The fourth-order valence-corrected chi connectivity index (χ4v) is 3.94. The Morgan fingerprint density at radius 3 is 2.59 bits per heavy atom. The zero-order valence-electron chi connectivity index (χ0n) is 15.4.